The minimum absolute atomic E-state index is 0.216. The van der Waals surface area contributed by atoms with Crippen LogP contribution < -0.4 is 5.32 Å². The van der Waals surface area contributed by atoms with Crippen molar-refractivity contribution in [2.75, 3.05) is 5.32 Å². The minimum atomic E-state index is -1.23. The molecule has 0 saturated carbocycles. The van der Waals surface area contributed by atoms with E-state index in [1.807, 2.05) is 0 Å². The zero-order valence-corrected chi connectivity index (χ0v) is 10.0. The van der Waals surface area contributed by atoms with Crippen molar-refractivity contribution in [3.63, 3.8) is 0 Å². The fourth-order valence-corrected chi connectivity index (χ4v) is 1.61. The van der Waals surface area contributed by atoms with Crippen molar-refractivity contribution in [3.05, 3.63) is 65.0 Å². The molecule has 2 aromatic carbocycles. The van der Waals surface area contributed by atoms with E-state index in [1.54, 1.807) is 0 Å². The molecule has 19 heavy (non-hydrogen) atoms. The number of anilines is 1. The average molecular weight is 265 g/mol. The van der Waals surface area contributed by atoms with E-state index >= 15 is 0 Å². The highest BCUT2D eigenvalue weighted by Gasteiger charge is 2.16. The Balaban J connectivity index is 2.31. The molecule has 0 fully saturated rings. The van der Waals surface area contributed by atoms with Gasteiger partial charge in [-0.3, -0.25) is 4.79 Å². The summed E-state index contributed by atoms with van der Waals surface area (Å²) in [6.45, 7) is 1.48. The van der Waals surface area contributed by atoms with Crippen LogP contribution in [-0.4, -0.2) is 5.91 Å². The number of rotatable bonds is 2. The second-order valence-electron chi connectivity index (χ2n) is 3.97. The highest BCUT2D eigenvalue weighted by molar-refractivity contribution is 6.04. The van der Waals surface area contributed by atoms with Crippen molar-refractivity contribution in [1.82, 2.24) is 0 Å². The first-order valence-electron chi connectivity index (χ1n) is 5.51. The van der Waals surface area contributed by atoms with Crippen molar-refractivity contribution in [2.24, 2.45) is 0 Å². The number of carbonyl (C=O) groups is 1. The molecule has 0 atom stereocenters. The lowest BCUT2D eigenvalue weighted by Crippen LogP contribution is -2.15. The van der Waals surface area contributed by atoms with Gasteiger partial charge in [0.05, 0.1) is 5.56 Å². The Morgan fingerprint density at radius 2 is 1.63 bits per heavy atom. The largest absolute Gasteiger partial charge is 0.322 e. The number of nitrogens with one attached hydrogen (secondary N) is 1. The molecule has 0 heterocycles. The summed E-state index contributed by atoms with van der Waals surface area (Å²) in [5.41, 5.74) is 0.0185. The summed E-state index contributed by atoms with van der Waals surface area (Å²) in [6, 6.07) is 7.44. The summed E-state index contributed by atoms with van der Waals surface area (Å²) >= 11 is 0. The number of halogens is 3. The maximum atomic E-state index is 13.4. The quantitative estimate of drug-likeness (QED) is 0.882. The zero-order valence-electron chi connectivity index (χ0n) is 10.0. The number of amides is 1. The Morgan fingerprint density at radius 1 is 1.00 bits per heavy atom. The molecule has 0 unspecified atom stereocenters. The third kappa shape index (κ3) is 2.59. The van der Waals surface area contributed by atoms with E-state index in [4.69, 9.17) is 0 Å². The van der Waals surface area contributed by atoms with Crippen molar-refractivity contribution in [3.8, 4) is 0 Å². The molecule has 0 spiro atoms. The SMILES string of the molecule is Cc1c(F)cccc1NC(=O)c1cccc(F)c1F. The lowest BCUT2D eigenvalue weighted by Gasteiger charge is -2.09. The summed E-state index contributed by atoms with van der Waals surface area (Å²) in [5, 5.41) is 2.35. The maximum absolute atomic E-state index is 13.4. The van der Waals surface area contributed by atoms with Gasteiger partial charge in [-0.2, -0.15) is 0 Å². The van der Waals surface area contributed by atoms with Gasteiger partial charge >= 0.3 is 0 Å². The first-order valence-corrected chi connectivity index (χ1v) is 5.51. The lowest BCUT2D eigenvalue weighted by atomic mass is 10.1. The summed E-state index contributed by atoms with van der Waals surface area (Å²) in [6.07, 6.45) is 0. The van der Waals surface area contributed by atoms with Crippen LogP contribution in [0.15, 0.2) is 36.4 Å². The molecule has 1 amide bonds. The van der Waals surface area contributed by atoms with Gasteiger partial charge in [0.25, 0.3) is 5.91 Å². The maximum Gasteiger partial charge on any atom is 0.258 e. The van der Waals surface area contributed by atoms with Gasteiger partial charge in [-0.15, -0.1) is 0 Å². The van der Waals surface area contributed by atoms with Crippen LogP contribution in [0.2, 0.25) is 0 Å². The minimum Gasteiger partial charge on any atom is -0.322 e. The van der Waals surface area contributed by atoms with E-state index in [0.29, 0.717) is 0 Å². The van der Waals surface area contributed by atoms with Gasteiger partial charge in [0.15, 0.2) is 11.6 Å². The number of hydrogen-bond donors (Lipinski definition) is 1. The Morgan fingerprint density at radius 3 is 2.37 bits per heavy atom. The smallest absolute Gasteiger partial charge is 0.258 e. The second-order valence-corrected chi connectivity index (χ2v) is 3.97. The van der Waals surface area contributed by atoms with Gasteiger partial charge in [0.1, 0.15) is 5.82 Å². The third-order valence-electron chi connectivity index (χ3n) is 2.71. The second kappa shape index (κ2) is 5.14. The summed E-state index contributed by atoms with van der Waals surface area (Å²) in [4.78, 5) is 11.8. The van der Waals surface area contributed by atoms with Gasteiger partial charge in [-0.1, -0.05) is 12.1 Å². The van der Waals surface area contributed by atoms with Gasteiger partial charge < -0.3 is 5.32 Å². The molecule has 5 heteroatoms. The molecular weight excluding hydrogens is 255 g/mol. The Hall–Kier alpha value is -2.30. The van der Waals surface area contributed by atoms with Crippen LogP contribution in [0.1, 0.15) is 15.9 Å². The Kier molecular flexibility index (Phi) is 3.55. The predicted octanol–water partition coefficient (Wildman–Crippen LogP) is 3.66. The van der Waals surface area contributed by atoms with Crippen molar-refractivity contribution in [2.45, 2.75) is 6.92 Å². The third-order valence-corrected chi connectivity index (χ3v) is 2.71. The molecule has 0 radical (unpaired) electrons. The molecule has 1 N–H and O–H groups in total. The van der Waals surface area contributed by atoms with E-state index in [9.17, 15) is 18.0 Å². The molecule has 0 bridgehead atoms. The van der Waals surface area contributed by atoms with Crippen molar-refractivity contribution >= 4 is 11.6 Å². The fourth-order valence-electron chi connectivity index (χ4n) is 1.61. The molecule has 0 saturated heterocycles. The van der Waals surface area contributed by atoms with E-state index in [0.717, 1.165) is 12.1 Å². The molecule has 0 aromatic heterocycles. The van der Waals surface area contributed by atoms with E-state index in [1.165, 1.54) is 31.2 Å². The monoisotopic (exact) mass is 265 g/mol. The summed E-state index contributed by atoms with van der Waals surface area (Å²) in [7, 11) is 0. The van der Waals surface area contributed by atoms with Crippen LogP contribution in [-0.2, 0) is 0 Å². The van der Waals surface area contributed by atoms with Crippen LogP contribution in [0.5, 0.6) is 0 Å². The zero-order chi connectivity index (χ0) is 14.0. The standard InChI is InChI=1S/C14H10F3NO/c1-8-10(15)5-3-7-12(8)18-14(19)9-4-2-6-11(16)13(9)17/h2-7H,1H3,(H,18,19). The summed E-state index contributed by atoms with van der Waals surface area (Å²) < 4.78 is 39.7. The molecular formula is C14H10F3NO. The molecule has 2 nitrogen and oxygen atoms in total. The van der Waals surface area contributed by atoms with Gasteiger partial charge in [-0.25, -0.2) is 13.2 Å². The van der Waals surface area contributed by atoms with Crippen LogP contribution in [0.3, 0.4) is 0 Å². The van der Waals surface area contributed by atoms with Crippen LogP contribution >= 0.6 is 0 Å². The highest BCUT2D eigenvalue weighted by Crippen LogP contribution is 2.19. The first kappa shape index (κ1) is 13.1. The fraction of sp³-hybridized carbons (Fsp3) is 0.0714. The topological polar surface area (TPSA) is 29.1 Å². The molecule has 0 aliphatic heterocycles. The van der Waals surface area contributed by atoms with Crippen LogP contribution in [0.4, 0.5) is 18.9 Å². The van der Waals surface area contributed by atoms with E-state index in [2.05, 4.69) is 5.32 Å². The van der Waals surface area contributed by atoms with E-state index < -0.39 is 28.9 Å². The molecule has 98 valence electrons. The average Bonchev–Trinajstić information content (AvgIpc) is 2.38. The molecule has 0 aliphatic rings. The molecule has 0 aliphatic carbocycles. The van der Waals surface area contributed by atoms with E-state index in [-0.39, 0.29) is 11.3 Å². The normalized spacial score (nSPS) is 10.3. The number of carbonyl (C=O) groups excluding carboxylic acids is 1. The van der Waals surface area contributed by atoms with Crippen molar-refractivity contribution < 1.29 is 18.0 Å². The highest BCUT2D eigenvalue weighted by atomic mass is 19.2. The van der Waals surface area contributed by atoms with Gasteiger partial charge in [-0.05, 0) is 31.2 Å². The van der Waals surface area contributed by atoms with Crippen LogP contribution in [0, 0.1) is 24.4 Å². The number of hydrogen-bond acceptors (Lipinski definition) is 1. The summed E-state index contributed by atoms with van der Waals surface area (Å²) in [5.74, 6) is -3.65. The van der Waals surface area contributed by atoms with Crippen molar-refractivity contribution in [1.29, 1.82) is 0 Å². The molecule has 2 aromatic rings. The first-order chi connectivity index (χ1) is 9.00. The Bertz CT molecular complexity index is 641. The number of benzene rings is 2. The molecule has 2 rings (SSSR count). The lowest BCUT2D eigenvalue weighted by molar-refractivity contribution is 0.102. The van der Waals surface area contributed by atoms with Gasteiger partial charge in [0, 0.05) is 11.3 Å². The van der Waals surface area contributed by atoms with Crippen LogP contribution in [0.25, 0.3) is 0 Å². The Labute approximate surface area is 107 Å². The predicted molar refractivity (Wildman–Crippen MR) is 65.4 cm³/mol. The van der Waals surface area contributed by atoms with Gasteiger partial charge in [0.2, 0.25) is 0 Å².